The van der Waals surface area contributed by atoms with Crippen molar-refractivity contribution in [3.63, 3.8) is 0 Å². The Labute approximate surface area is 130 Å². The quantitative estimate of drug-likeness (QED) is 0.804. The molecule has 1 aromatic heterocycles. The normalized spacial score (nSPS) is 22.0. The SMILES string of the molecule is CN(C)c1cnnc(N2CCN(C(=O)[C@@H]3CCCO3)CC2)c1. The van der Waals surface area contributed by atoms with E-state index in [9.17, 15) is 4.79 Å². The van der Waals surface area contributed by atoms with Gasteiger partial charge >= 0.3 is 0 Å². The van der Waals surface area contributed by atoms with Gasteiger partial charge in [-0.3, -0.25) is 4.79 Å². The molecule has 3 heterocycles. The molecule has 2 saturated heterocycles. The van der Waals surface area contributed by atoms with Crippen LogP contribution in [0, 0.1) is 0 Å². The first-order valence-corrected chi connectivity index (χ1v) is 7.80. The van der Waals surface area contributed by atoms with Crippen molar-refractivity contribution in [2.45, 2.75) is 18.9 Å². The van der Waals surface area contributed by atoms with E-state index in [1.165, 1.54) is 0 Å². The fourth-order valence-corrected chi connectivity index (χ4v) is 2.88. The molecule has 120 valence electrons. The Morgan fingerprint density at radius 3 is 2.73 bits per heavy atom. The molecule has 2 fully saturated rings. The number of carbonyl (C=O) groups is 1. The van der Waals surface area contributed by atoms with Gasteiger partial charge in [-0.1, -0.05) is 0 Å². The number of hydrogen-bond donors (Lipinski definition) is 0. The molecule has 0 aliphatic carbocycles. The molecular formula is C15H23N5O2. The van der Waals surface area contributed by atoms with Gasteiger partial charge in [-0.05, 0) is 12.8 Å². The molecule has 7 heteroatoms. The van der Waals surface area contributed by atoms with Gasteiger partial charge in [0.15, 0.2) is 5.82 Å². The molecule has 1 atom stereocenters. The summed E-state index contributed by atoms with van der Waals surface area (Å²) in [4.78, 5) is 18.4. The van der Waals surface area contributed by atoms with E-state index in [2.05, 4.69) is 15.1 Å². The van der Waals surface area contributed by atoms with Gasteiger partial charge in [0.2, 0.25) is 0 Å². The van der Waals surface area contributed by atoms with Crippen LogP contribution in [0.4, 0.5) is 11.5 Å². The molecule has 0 N–H and O–H groups in total. The molecule has 2 aliphatic rings. The van der Waals surface area contributed by atoms with Gasteiger partial charge in [0, 0.05) is 52.9 Å². The number of hydrogen-bond acceptors (Lipinski definition) is 6. The predicted octanol–water partition coefficient (Wildman–Crippen LogP) is 0.370. The van der Waals surface area contributed by atoms with E-state index in [1.54, 1.807) is 6.20 Å². The second-order valence-corrected chi connectivity index (χ2v) is 5.98. The molecule has 1 amide bonds. The summed E-state index contributed by atoms with van der Waals surface area (Å²) < 4.78 is 5.49. The van der Waals surface area contributed by atoms with Crippen molar-refractivity contribution in [1.29, 1.82) is 0 Å². The summed E-state index contributed by atoms with van der Waals surface area (Å²) >= 11 is 0. The highest BCUT2D eigenvalue weighted by Gasteiger charge is 2.30. The second-order valence-electron chi connectivity index (χ2n) is 5.98. The lowest BCUT2D eigenvalue weighted by molar-refractivity contribution is -0.141. The highest BCUT2D eigenvalue weighted by Crippen LogP contribution is 2.20. The molecule has 0 bridgehead atoms. The van der Waals surface area contributed by atoms with Gasteiger partial charge in [0.1, 0.15) is 6.10 Å². The van der Waals surface area contributed by atoms with Gasteiger partial charge < -0.3 is 19.4 Å². The molecule has 22 heavy (non-hydrogen) atoms. The van der Waals surface area contributed by atoms with E-state index >= 15 is 0 Å². The van der Waals surface area contributed by atoms with Crippen LogP contribution in [0.25, 0.3) is 0 Å². The average Bonchev–Trinajstić information content (AvgIpc) is 3.09. The van der Waals surface area contributed by atoms with Crippen LogP contribution in [-0.4, -0.2) is 74.0 Å². The predicted molar refractivity (Wildman–Crippen MR) is 84.1 cm³/mol. The summed E-state index contributed by atoms with van der Waals surface area (Å²) in [6.45, 7) is 3.70. The van der Waals surface area contributed by atoms with Gasteiger partial charge in [-0.15, -0.1) is 5.10 Å². The van der Waals surface area contributed by atoms with Gasteiger partial charge in [0.05, 0.1) is 11.9 Å². The summed E-state index contributed by atoms with van der Waals surface area (Å²) in [5.41, 5.74) is 1.03. The van der Waals surface area contributed by atoms with Crippen molar-refractivity contribution < 1.29 is 9.53 Å². The number of aromatic nitrogens is 2. The average molecular weight is 305 g/mol. The Morgan fingerprint density at radius 2 is 2.09 bits per heavy atom. The molecule has 0 spiro atoms. The van der Waals surface area contributed by atoms with E-state index in [-0.39, 0.29) is 12.0 Å². The lowest BCUT2D eigenvalue weighted by Gasteiger charge is -2.36. The number of nitrogens with zero attached hydrogens (tertiary/aromatic N) is 5. The van der Waals surface area contributed by atoms with Gasteiger partial charge in [-0.25, -0.2) is 0 Å². The molecule has 0 unspecified atom stereocenters. The van der Waals surface area contributed by atoms with Crippen LogP contribution in [0.3, 0.4) is 0 Å². The Balaban J connectivity index is 1.59. The van der Waals surface area contributed by atoms with Crippen molar-refractivity contribution in [3.05, 3.63) is 12.3 Å². The minimum absolute atomic E-state index is 0.144. The Kier molecular flexibility index (Phi) is 4.42. The van der Waals surface area contributed by atoms with E-state index in [4.69, 9.17) is 4.74 Å². The molecule has 7 nitrogen and oxygen atoms in total. The maximum absolute atomic E-state index is 12.3. The first kappa shape index (κ1) is 15.0. The zero-order valence-corrected chi connectivity index (χ0v) is 13.2. The minimum atomic E-state index is -0.219. The Bertz CT molecular complexity index is 522. The zero-order valence-electron chi connectivity index (χ0n) is 13.2. The number of amides is 1. The van der Waals surface area contributed by atoms with Crippen molar-refractivity contribution in [3.8, 4) is 0 Å². The van der Waals surface area contributed by atoms with E-state index in [0.717, 1.165) is 37.4 Å². The number of carbonyl (C=O) groups excluding carboxylic acids is 1. The molecule has 0 radical (unpaired) electrons. The zero-order chi connectivity index (χ0) is 15.5. The van der Waals surface area contributed by atoms with Crippen LogP contribution in [0.15, 0.2) is 12.3 Å². The largest absolute Gasteiger partial charge is 0.376 e. The van der Waals surface area contributed by atoms with Crippen LogP contribution in [0.2, 0.25) is 0 Å². The summed E-state index contributed by atoms with van der Waals surface area (Å²) in [6, 6.07) is 2.03. The highest BCUT2D eigenvalue weighted by atomic mass is 16.5. The van der Waals surface area contributed by atoms with Crippen molar-refractivity contribution in [2.24, 2.45) is 0 Å². The minimum Gasteiger partial charge on any atom is -0.376 e. The highest BCUT2D eigenvalue weighted by molar-refractivity contribution is 5.81. The number of piperazine rings is 1. The standard InChI is InChI=1S/C15H23N5O2/c1-18(2)12-10-14(17-16-11-12)19-5-7-20(8-6-19)15(21)13-4-3-9-22-13/h10-11,13H,3-9H2,1-2H3/t13-/m0/s1. The smallest absolute Gasteiger partial charge is 0.251 e. The lowest BCUT2D eigenvalue weighted by atomic mass is 10.2. The van der Waals surface area contributed by atoms with Crippen molar-refractivity contribution in [1.82, 2.24) is 15.1 Å². The third-order valence-electron chi connectivity index (χ3n) is 4.26. The van der Waals surface area contributed by atoms with E-state index < -0.39 is 0 Å². The third kappa shape index (κ3) is 3.14. The van der Waals surface area contributed by atoms with Gasteiger partial charge in [0.25, 0.3) is 5.91 Å². The van der Waals surface area contributed by atoms with Crippen LogP contribution < -0.4 is 9.80 Å². The number of rotatable bonds is 3. The molecule has 1 aromatic rings. The molecule has 3 rings (SSSR count). The molecule has 2 aliphatic heterocycles. The number of ether oxygens (including phenoxy) is 1. The molecule has 0 aromatic carbocycles. The summed E-state index contributed by atoms with van der Waals surface area (Å²) in [5.74, 6) is 1.01. The maximum atomic E-state index is 12.3. The van der Waals surface area contributed by atoms with Crippen LogP contribution >= 0.6 is 0 Å². The second kappa shape index (κ2) is 6.48. The van der Waals surface area contributed by atoms with Gasteiger partial charge in [-0.2, -0.15) is 5.10 Å². The fraction of sp³-hybridized carbons (Fsp3) is 0.667. The third-order valence-corrected chi connectivity index (χ3v) is 4.26. The lowest BCUT2D eigenvalue weighted by Crippen LogP contribution is -2.51. The monoisotopic (exact) mass is 305 g/mol. The maximum Gasteiger partial charge on any atom is 0.251 e. The fourth-order valence-electron chi connectivity index (χ4n) is 2.88. The first-order valence-electron chi connectivity index (χ1n) is 7.80. The number of anilines is 2. The summed E-state index contributed by atoms with van der Waals surface area (Å²) in [7, 11) is 3.97. The van der Waals surface area contributed by atoms with Crippen LogP contribution in [0.5, 0.6) is 0 Å². The van der Waals surface area contributed by atoms with Crippen LogP contribution in [0.1, 0.15) is 12.8 Å². The Hall–Kier alpha value is -1.89. The summed E-state index contributed by atoms with van der Waals surface area (Å²) in [5, 5.41) is 8.28. The van der Waals surface area contributed by atoms with E-state index in [1.807, 2.05) is 30.0 Å². The summed E-state index contributed by atoms with van der Waals surface area (Å²) in [6.07, 6.45) is 3.38. The van der Waals surface area contributed by atoms with Crippen LogP contribution in [-0.2, 0) is 9.53 Å². The molecular weight excluding hydrogens is 282 g/mol. The first-order chi connectivity index (χ1) is 10.6. The Morgan fingerprint density at radius 1 is 1.32 bits per heavy atom. The molecule has 0 saturated carbocycles. The van der Waals surface area contributed by atoms with E-state index in [0.29, 0.717) is 19.7 Å². The van der Waals surface area contributed by atoms with Crippen molar-refractivity contribution in [2.75, 3.05) is 56.7 Å². The topological polar surface area (TPSA) is 61.8 Å². The van der Waals surface area contributed by atoms with Crippen molar-refractivity contribution >= 4 is 17.4 Å².